The summed E-state index contributed by atoms with van der Waals surface area (Å²) in [4.78, 5) is 74.4. The molecule has 0 unspecified atom stereocenters. The number of carbonyl (C=O) groups is 5. The second-order valence-electron chi connectivity index (χ2n) is 11.5. The molecule has 0 atom stereocenters. The molecule has 0 saturated heterocycles. The number of anilines is 4. The van der Waals surface area contributed by atoms with E-state index in [-0.39, 0.29) is 42.6 Å². The molecule has 270 valence electrons. The predicted molar refractivity (Wildman–Crippen MR) is 187 cm³/mol. The first-order chi connectivity index (χ1) is 24.5. The van der Waals surface area contributed by atoms with Gasteiger partial charge in [0.05, 0.1) is 18.0 Å². The first-order valence-electron chi connectivity index (χ1n) is 16.3. The fourth-order valence-electron chi connectivity index (χ4n) is 5.09. The van der Waals surface area contributed by atoms with E-state index >= 15 is 0 Å². The average Bonchev–Trinajstić information content (AvgIpc) is 3.86. The Hall–Kier alpha value is -6.36. The molecule has 4 heterocycles. The van der Waals surface area contributed by atoms with Gasteiger partial charge in [-0.15, -0.1) is 0 Å². The third-order valence-electron chi connectivity index (χ3n) is 7.59. The monoisotopic (exact) mass is 703 g/mol. The number of nitrogens with zero attached hydrogens (tertiary/aromatic N) is 9. The highest BCUT2D eigenvalue weighted by Gasteiger charge is 2.20. The number of unbranched alkanes of at least 4 members (excludes halogenated alkanes) is 3. The summed E-state index contributed by atoms with van der Waals surface area (Å²) in [6.07, 6.45) is 10.9. The van der Waals surface area contributed by atoms with Crippen LogP contribution in [-0.2, 0) is 42.0 Å². The maximum Gasteiger partial charge on any atom is 0.355 e. The summed E-state index contributed by atoms with van der Waals surface area (Å²) in [5.41, 5.74) is 9.50. The first-order valence-corrected chi connectivity index (χ1v) is 16.3. The fraction of sp³-hybridized carbons (Fsp3) is 0.406. The summed E-state index contributed by atoms with van der Waals surface area (Å²) in [5.74, 6) is -1.63. The molecule has 4 aromatic heterocycles. The normalized spacial score (nSPS) is 10.7. The van der Waals surface area contributed by atoms with Crippen LogP contribution in [0.25, 0.3) is 10.4 Å². The molecule has 0 aliphatic heterocycles. The van der Waals surface area contributed by atoms with Gasteiger partial charge in [0.25, 0.3) is 11.8 Å². The molecule has 0 aromatic carbocycles. The minimum absolute atomic E-state index is 0.00280. The average molecular weight is 704 g/mol. The van der Waals surface area contributed by atoms with Crippen molar-refractivity contribution in [3.63, 3.8) is 0 Å². The molecule has 4 amide bonds. The van der Waals surface area contributed by atoms with E-state index in [0.717, 1.165) is 25.7 Å². The number of ether oxygens (including phenoxy) is 1. The quantitative estimate of drug-likeness (QED) is 0.0384. The number of esters is 1. The largest absolute Gasteiger partial charge is 0.461 e. The van der Waals surface area contributed by atoms with Gasteiger partial charge in [0, 0.05) is 89.0 Å². The van der Waals surface area contributed by atoms with Crippen LogP contribution in [0, 0.1) is 0 Å². The molecule has 0 fully saturated rings. The standard InChI is InChI=1S/C32H41N13O6/c1-5-51-32(50)23-16-21(19-45(23)14-9-7-6-8-12-35-41-33)36-31(49)29-39-24(20-44(29)4)38-26(46)10-11-27(47)40-25-17-22(18-43(25)3)37-30(48)28-34-13-15-42(28)2/h13,15-20H,5-12,14H2,1-4H3,(H,36,49)(H,37,48)(H,38,46)(H,40,47). The van der Waals surface area contributed by atoms with Crippen LogP contribution in [0.4, 0.5) is 23.0 Å². The first kappa shape index (κ1) is 37.5. The third kappa shape index (κ3) is 10.6. The number of hydrogen-bond donors (Lipinski definition) is 4. The molecule has 0 radical (unpaired) electrons. The Balaban J connectivity index is 1.28. The summed E-state index contributed by atoms with van der Waals surface area (Å²) >= 11 is 0. The van der Waals surface area contributed by atoms with E-state index in [2.05, 4.69) is 41.3 Å². The van der Waals surface area contributed by atoms with Crippen molar-refractivity contribution in [2.45, 2.75) is 52.0 Å². The van der Waals surface area contributed by atoms with Gasteiger partial charge in [-0.1, -0.05) is 18.0 Å². The van der Waals surface area contributed by atoms with Crippen molar-refractivity contribution in [3.05, 3.63) is 70.9 Å². The lowest BCUT2D eigenvalue weighted by atomic mass is 10.2. The molecule has 19 nitrogen and oxygen atoms in total. The van der Waals surface area contributed by atoms with E-state index in [0.29, 0.717) is 30.3 Å². The molecule has 4 aromatic rings. The minimum atomic E-state index is -0.568. The molecular formula is C32H41N13O6. The Bertz CT molecular complexity index is 1930. The summed E-state index contributed by atoms with van der Waals surface area (Å²) in [6, 6.07) is 3.12. The second kappa shape index (κ2) is 17.9. The van der Waals surface area contributed by atoms with Crippen molar-refractivity contribution in [2.75, 3.05) is 34.4 Å². The lowest BCUT2D eigenvalue weighted by Crippen LogP contribution is -2.18. The van der Waals surface area contributed by atoms with Gasteiger partial charge in [0.1, 0.15) is 11.5 Å². The number of aromatic nitrogens is 6. The van der Waals surface area contributed by atoms with E-state index in [9.17, 15) is 24.0 Å². The number of rotatable bonds is 18. The molecule has 0 spiro atoms. The van der Waals surface area contributed by atoms with Gasteiger partial charge in [-0.3, -0.25) is 19.2 Å². The van der Waals surface area contributed by atoms with E-state index in [1.165, 1.54) is 23.0 Å². The van der Waals surface area contributed by atoms with E-state index < -0.39 is 29.6 Å². The smallest absolute Gasteiger partial charge is 0.355 e. The molecule has 0 aliphatic carbocycles. The summed E-state index contributed by atoms with van der Waals surface area (Å²) in [6.45, 7) is 2.85. The maximum absolute atomic E-state index is 13.1. The van der Waals surface area contributed by atoms with Crippen molar-refractivity contribution >= 4 is 52.6 Å². The Morgan fingerprint density at radius 3 is 2.20 bits per heavy atom. The van der Waals surface area contributed by atoms with Crippen molar-refractivity contribution in [3.8, 4) is 0 Å². The van der Waals surface area contributed by atoms with Crippen LogP contribution in [0.2, 0.25) is 0 Å². The van der Waals surface area contributed by atoms with Gasteiger partial charge in [0.2, 0.25) is 17.6 Å². The van der Waals surface area contributed by atoms with Crippen LogP contribution < -0.4 is 21.3 Å². The highest BCUT2D eigenvalue weighted by atomic mass is 16.5. The van der Waals surface area contributed by atoms with Crippen LogP contribution in [0.15, 0.2) is 48.2 Å². The Kier molecular flexibility index (Phi) is 13.1. The van der Waals surface area contributed by atoms with Crippen molar-refractivity contribution < 1.29 is 28.7 Å². The van der Waals surface area contributed by atoms with Gasteiger partial charge in [-0.2, -0.15) is 0 Å². The zero-order valence-corrected chi connectivity index (χ0v) is 28.9. The van der Waals surface area contributed by atoms with E-state index in [4.69, 9.17) is 10.3 Å². The van der Waals surface area contributed by atoms with Crippen LogP contribution in [-0.4, -0.2) is 71.0 Å². The van der Waals surface area contributed by atoms with Crippen molar-refractivity contribution in [2.24, 2.45) is 26.3 Å². The molecule has 4 rings (SSSR count). The fourth-order valence-corrected chi connectivity index (χ4v) is 5.09. The number of amides is 4. The Morgan fingerprint density at radius 2 is 1.51 bits per heavy atom. The molecule has 51 heavy (non-hydrogen) atoms. The molecule has 0 bridgehead atoms. The van der Waals surface area contributed by atoms with Crippen LogP contribution >= 0.6 is 0 Å². The number of hydrogen-bond acceptors (Lipinski definition) is 9. The molecule has 4 N–H and O–H groups in total. The summed E-state index contributed by atoms with van der Waals surface area (Å²) < 4.78 is 11.6. The topological polar surface area (TPSA) is 237 Å². The number of carbonyl (C=O) groups excluding carboxylic acids is 5. The van der Waals surface area contributed by atoms with Crippen LogP contribution in [0.1, 0.15) is 77.2 Å². The van der Waals surface area contributed by atoms with E-state index in [1.807, 2.05) is 0 Å². The SMILES string of the molecule is CCOC(=O)c1cc(NC(=O)c2nc(NC(=O)CCC(=O)Nc3cc(NC(=O)c4nccn4C)cn3C)cn2C)cn1CCCCCCN=[N+]=[N-]. The third-order valence-corrected chi connectivity index (χ3v) is 7.59. The van der Waals surface area contributed by atoms with Crippen LogP contribution in [0.3, 0.4) is 0 Å². The van der Waals surface area contributed by atoms with Gasteiger partial charge in [0.15, 0.2) is 11.6 Å². The number of azide groups is 1. The lowest BCUT2D eigenvalue weighted by molar-refractivity contribution is -0.121. The number of imidazole rings is 2. The summed E-state index contributed by atoms with van der Waals surface area (Å²) in [5, 5.41) is 14.3. The number of aryl methyl sites for hydroxylation is 4. The zero-order chi connectivity index (χ0) is 36.9. The molecule has 19 heteroatoms. The van der Waals surface area contributed by atoms with Crippen LogP contribution in [0.5, 0.6) is 0 Å². The maximum atomic E-state index is 13.1. The molecular weight excluding hydrogens is 662 g/mol. The summed E-state index contributed by atoms with van der Waals surface area (Å²) in [7, 11) is 4.99. The van der Waals surface area contributed by atoms with Gasteiger partial charge in [-0.25, -0.2) is 14.8 Å². The van der Waals surface area contributed by atoms with Crippen molar-refractivity contribution in [1.82, 2.24) is 28.2 Å². The Labute approximate surface area is 293 Å². The minimum Gasteiger partial charge on any atom is -0.461 e. The highest BCUT2D eigenvalue weighted by Crippen LogP contribution is 2.20. The van der Waals surface area contributed by atoms with Gasteiger partial charge < -0.3 is 44.3 Å². The molecule has 0 saturated carbocycles. The number of nitrogens with one attached hydrogen (secondary N) is 4. The van der Waals surface area contributed by atoms with Gasteiger partial charge >= 0.3 is 5.97 Å². The zero-order valence-electron chi connectivity index (χ0n) is 28.9. The predicted octanol–water partition coefficient (Wildman–Crippen LogP) is 4.20. The highest BCUT2D eigenvalue weighted by molar-refractivity contribution is 6.04. The lowest BCUT2D eigenvalue weighted by Gasteiger charge is -2.08. The molecule has 0 aliphatic rings. The van der Waals surface area contributed by atoms with Crippen molar-refractivity contribution in [1.29, 1.82) is 0 Å². The second-order valence-corrected chi connectivity index (χ2v) is 11.5. The van der Waals surface area contributed by atoms with Gasteiger partial charge in [-0.05, 0) is 31.4 Å². The van der Waals surface area contributed by atoms with E-state index in [1.54, 1.807) is 66.4 Å². The Morgan fingerprint density at radius 1 is 0.824 bits per heavy atom.